The Morgan fingerprint density at radius 3 is 2.82 bits per heavy atom. The van der Waals surface area contributed by atoms with Crippen LogP contribution in [0.1, 0.15) is 45.4 Å². The molecule has 0 aromatic rings. The molecule has 2 heteroatoms. The van der Waals surface area contributed by atoms with Gasteiger partial charge in [-0.15, -0.1) is 6.58 Å². The quantitative estimate of drug-likeness (QED) is 0.755. The first-order chi connectivity index (χ1) is 8.31. The van der Waals surface area contributed by atoms with Crippen molar-refractivity contribution >= 4 is 0 Å². The highest BCUT2D eigenvalue weighted by molar-refractivity contribution is 4.88. The van der Waals surface area contributed by atoms with Gasteiger partial charge < -0.3 is 5.32 Å². The van der Waals surface area contributed by atoms with Crippen LogP contribution in [-0.2, 0) is 0 Å². The molecule has 1 heterocycles. The average Bonchev–Trinajstić information content (AvgIpc) is 2.40. The van der Waals surface area contributed by atoms with Crippen LogP contribution >= 0.6 is 0 Å². The Morgan fingerprint density at radius 2 is 2.12 bits per heavy atom. The topological polar surface area (TPSA) is 15.3 Å². The van der Waals surface area contributed by atoms with Gasteiger partial charge in [0.15, 0.2) is 0 Å². The van der Waals surface area contributed by atoms with Gasteiger partial charge in [-0.25, -0.2) is 0 Å². The summed E-state index contributed by atoms with van der Waals surface area (Å²) in [5, 5.41) is 3.75. The maximum Gasteiger partial charge on any atom is 0.0223 e. The second-order valence-corrected chi connectivity index (χ2v) is 5.83. The van der Waals surface area contributed by atoms with E-state index in [1.165, 1.54) is 51.7 Å². The summed E-state index contributed by atoms with van der Waals surface area (Å²) in [5.74, 6) is 0.933. The fourth-order valence-electron chi connectivity index (χ4n) is 3.44. The lowest BCUT2D eigenvalue weighted by Crippen LogP contribution is -2.56. The van der Waals surface area contributed by atoms with Gasteiger partial charge in [-0.2, -0.15) is 0 Å². The molecule has 1 saturated carbocycles. The van der Waals surface area contributed by atoms with Gasteiger partial charge in [-0.05, 0) is 32.1 Å². The second kappa shape index (κ2) is 6.55. The minimum Gasteiger partial charge on any atom is -0.311 e. The van der Waals surface area contributed by atoms with E-state index in [0.29, 0.717) is 6.04 Å². The van der Waals surface area contributed by atoms with E-state index in [1.807, 2.05) is 0 Å². The molecular formula is C15H28N2. The lowest BCUT2D eigenvalue weighted by molar-refractivity contribution is 0.115. The summed E-state index contributed by atoms with van der Waals surface area (Å²) in [6, 6.07) is 1.41. The predicted molar refractivity (Wildman–Crippen MR) is 74.2 cm³/mol. The molecule has 1 aliphatic carbocycles. The molecule has 2 fully saturated rings. The van der Waals surface area contributed by atoms with Crippen LogP contribution < -0.4 is 5.32 Å². The lowest BCUT2D eigenvalue weighted by atomic mass is 9.83. The highest BCUT2D eigenvalue weighted by atomic mass is 15.2. The molecule has 2 rings (SSSR count). The van der Waals surface area contributed by atoms with E-state index < -0.39 is 0 Å². The summed E-state index contributed by atoms with van der Waals surface area (Å²) in [6.07, 6.45) is 10.4. The molecule has 0 radical (unpaired) electrons. The molecule has 2 unspecified atom stereocenters. The highest BCUT2D eigenvalue weighted by Gasteiger charge is 2.29. The van der Waals surface area contributed by atoms with Gasteiger partial charge in [0.05, 0.1) is 0 Å². The van der Waals surface area contributed by atoms with Gasteiger partial charge in [-0.3, -0.25) is 4.90 Å². The molecule has 0 spiro atoms. The van der Waals surface area contributed by atoms with E-state index in [2.05, 4.69) is 29.8 Å². The van der Waals surface area contributed by atoms with E-state index in [4.69, 9.17) is 0 Å². The smallest absolute Gasteiger partial charge is 0.0223 e. The Balaban J connectivity index is 1.85. The van der Waals surface area contributed by atoms with Crippen LogP contribution in [0.25, 0.3) is 0 Å². The monoisotopic (exact) mass is 236 g/mol. The van der Waals surface area contributed by atoms with Crippen LogP contribution in [0.4, 0.5) is 0 Å². The van der Waals surface area contributed by atoms with E-state index in [0.717, 1.165) is 18.4 Å². The largest absolute Gasteiger partial charge is 0.311 e. The summed E-state index contributed by atoms with van der Waals surface area (Å²) in [6.45, 7) is 9.83. The number of piperazine rings is 1. The Bertz CT molecular complexity index is 233. The third kappa shape index (κ3) is 3.56. The van der Waals surface area contributed by atoms with Gasteiger partial charge in [0.25, 0.3) is 0 Å². The van der Waals surface area contributed by atoms with Gasteiger partial charge in [0.2, 0.25) is 0 Å². The Hall–Kier alpha value is -0.340. The lowest BCUT2D eigenvalue weighted by Gasteiger charge is -2.41. The zero-order valence-electron chi connectivity index (χ0n) is 11.3. The van der Waals surface area contributed by atoms with Crippen LogP contribution in [-0.4, -0.2) is 36.6 Å². The maximum atomic E-state index is 3.86. The predicted octanol–water partition coefficient (Wildman–Crippen LogP) is 2.81. The number of hydrogen-bond donors (Lipinski definition) is 1. The van der Waals surface area contributed by atoms with Crippen molar-refractivity contribution in [2.45, 2.75) is 57.5 Å². The molecule has 2 aliphatic rings. The van der Waals surface area contributed by atoms with Crippen LogP contribution in [0, 0.1) is 5.92 Å². The van der Waals surface area contributed by atoms with Crippen LogP contribution in [0.2, 0.25) is 0 Å². The Labute approximate surface area is 106 Å². The fraction of sp³-hybridized carbons (Fsp3) is 0.867. The SMILES string of the molecule is C=CCC(C)N1CCNC(C2CCCCC2)C1. The van der Waals surface area contributed by atoms with Crippen molar-refractivity contribution in [3.63, 3.8) is 0 Å². The van der Waals surface area contributed by atoms with E-state index in [-0.39, 0.29) is 0 Å². The first-order valence-corrected chi connectivity index (χ1v) is 7.39. The summed E-state index contributed by atoms with van der Waals surface area (Å²) in [4.78, 5) is 2.65. The Morgan fingerprint density at radius 1 is 1.35 bits per heavy atom. The molecule has 98 valence electrons. The van der Waals surface area contributed by atoms with Crippen molar-refractivity contribution in [3.05, 3.63) is 12.7 Å². The number of rotatable bonds is 4. The molecule has 0 amide bonds. The average molecular weight is 236 g/mol. The van der Waals surface area contributed by atoms with Crippen molar-refractivity contribution in [1.82, 2.24) is 10.2 Å². The van der Waals surface area contributed by atoms with Crippen LogP contribution in [0.15, 0.2) is 12.7 Å². The molecule has 0 bridgehead atoms. The molecule has 1 saturated heterocycles. The maximum absolute atomic E-state index is 3.86. The highest BCUT2D eigenvalue weighted by Crippen LogP contribution is 2.28. The minimum absolute atomic E-state index is 0.667. The van der Waals surface area contributed by atoms with Gasteiger partial charge >= 0.3 is 0 Å². The zero-order valence-corrected chi connectivity index (χ0v) is 11.3. The van der Waals surface area contributed by atoms with Crippen molar-refractivity contribution in [1.29, 1.82) is 0 Å². The summed E-state index contributed by atoms with van der Waals surface area (Å²) >= 11 is 0. The third-order valence-corrected chi connectivity index (χ3v) is 4.59. The molecular weight excluding hydrogens is 208 g/mol. The summed E-state index contributed by atoms with van der Waals surface area (Å²) in [5.41, 5.74) is 0. The van der Waals surface area contributed by atoms with Gasteiger partial charge in [-0.1, -0.05) is 25.3 Å². The molecule has 1 aliphatic heterocycles. The third-order valence-electron chi connectivity index (χ3n) is 4.59. The normalized spacial score (nSPS) is 30.1. The van der Waals surface area contributed by atoms with Gasteiger partial charge in [0.1, 0.15) is 0 Å². The fourth-order valence-corrected chi connectivity index (χ4v) is 3.44. The summed E-state index contributed by atoms with van der Waals surface area (Å²) < 4.78 is 0. The molecule has 2 nitrogen and oxygen atoms in total. The molecule has 2 atom stereocenters. The first-order valence-electron chi connectivity index (χ1n) is 7.39. The van der Waals surface area contributed by atoms with Crippen LogP contribution in [0.5, 0.6) is 0 Å². The van der Waals surface area contributed by atoms with E-state index in [1.54, 1.807) is 0 Å². The van der Waals surface area contributed by atoms with E-state index >= 15 is 0 Å². The zero-order chi connectivity index (χ0) is 12.1. The molecule has 0 aromatic heterocycles. The van der Waals surface area contributed by atoms with Crippen molar-refractivity contribution in [2.75, 3.05) is 19.6 Å². The molecule has 17 heavy (non-hydrogen) atoms. The second-order valence-electron chi connectivity index (χ2n) is 5.83. The summed E-state index contributed by atoms with van der Waals surface area (Å²) in [7, 11) is 0. The van der Waals surface area contributed by atoms with Crippen molar-refractivity contribution in [3.8, 4) is 0 Å². The number of nitrogens with one attached hydrogen (secondary N) is 1. The van der Waals surface area contributed by atoms with Crippen LogP contribution in [0.3, 0.4) is 0 Å². The van der Waals surface area contributed by atoms with E-state index in [9.17, 15) is 0 Å². The number of nitrogens with zero attached hydrogens (tertiary/aromatic N) is 1. The first kappa shape index (κ1) is 13.1. The minimum atomic E-state index is 0.667. The van der Waals surface area contributed by atoms with Crippen molar-refractivity contribution in [2.24, 2.45) is 5.92 Å². The molecule has 1 N–H and O–H groups in total. The standard InChI is InChI=1S/C15H28N2/c1-3-7-13(2)17-11-10-16-15(12-17)14-8-5-4-6-9-14/h3,13-16H,1,4-12H2,2H3. The van der Waals surface area contributed by atoms with Gasteiger partial charge in [0, 0.05) is 31.7 Å². The van der Waals surface area contributed by atoms with Crippen molar-refractivity contribution < 1.29 is 0 Å². The molecule has 0 aromatic carbocycles. The Kier molecular flexibility index (Phi) is 5.05. The number of hydrogen-bond acceptors (Lipinski definition) is 2.